The summed E-state index contributed by atoms with van der Waals surface area (Å²) in [4.78, 5) is 39.8. The van der Waals surface area contributed by atoms with Gasteiger partial charge in [-0.15, -0.1) is 11.3 Å². The Balaban J connectivity index is 1.42. The van der Waals surface area contributed by atoms with E-state index in [2.05, 4.69) is 5.10 Å². The molecular formula is C23H15N3O4S. The van der Waals surface area contributed by atoms with Gasteiger partial charge in [0, 0.05) is 6.07 Å². The highest BCUT2D eigenvalue weighted by Crippen LogP contribution is 2.27. The molecule has 0 fully saturated rings. The van der Waals surface area contributed by atoms with Crippen molar-refractivity contribution in [1.29, 1.82) is 0 Å². The molecule has 0 radical (unpaired) electrons. The molecule has 7 nitrogen and oxygen atoms in total. The van der Waals surface area contributed by atoms with Crippen LogP contribution in [0.4, 0.5) is 0 Å². The quantitative estimate of drug-likeness (QED) is 0.354. The van der Waals surface area contributed by atoms with Crippen LogP contribution in [0.3, 0.4) is 0 Å². The van der Waals surface area contributed by atoms with E-state index in [4.69, 9.17) is 4.74 Å². The highest BCUT2D eigenvalue weighted by Gasteiger charge is 2.36. The molecule has 0 spiro atoms. The van der Waals surface area contributed by atoms with E-state index in [0.717, 1.165) is 9.78 Å². The van der Waals surface area contributed by atoms with E-state index in [1.807, 2.05) is 47.8 Å². The largest absolute Gasteiger partial charge is 0.439 e. The predicted octanol–water partition coefficient (Wildman–Crippen LogP) is 4.01. The number of para-hydroxylation sites is 1. The lowest BCUT2D eigenvalue weighted by atomic mass is 10.1. The van der Waals surface area contributed by atoms with Crippen molar-refractivity contribution in [3.63, 3.8) is 0 Å². The summed E-state index contributed by atoms with van der Waals surface area (Å²) in [6, 6.07) is 21.2. The van der Waals surface area contributed by atoms with Crippen LogP contribution in [0.2, 0.25) is 0 Å². The first-order valence-corrected chi connectivity index (χ1v) is 10.3. The van der Waals surface area contributed by atoms with E-state index in [0.29, 0.717) is 22.5 Å². The SMILES string of the molecule is O=C(OCN1C(=O)c2ccccc2C1=O)c1cc(-c2cccs2)nn1-c1ccccc1. The van der Waals surface area contributed by atoms with Crippen molar-refractivity contribution < 1.29 is 19.1 Å². The van der Waals surface area contributed by atoms with Crippen LogP contribution in [0.5, 0.6) is 0 Å². The van der Waals surface area contributed by atoms with Crippen LogP contribution in [0.25, 0.3) is 16.3 Å². The molecule has 0 bridgehead atoms. The summed E-state index contributed by atoms with van der Waals surface area (Å²) in [5.74, 6) is -1.65. The van der Waals surface area contributed by atoms with Crippen LogP contribution in [0.1, 0.15) is 31.2 Å². The molecule has 0 unspecified atom stereocenters. The number of carbonyl (C=O) groups excluding carboxylic acids is 3. The minimum Gasteiger partial charge on any atom is -0.439 e. The molecule has 1 aliphatic heterocycles. The summed E-state index contributed by atoms with van der Waals surface area (Å²) >= 11 is 1.51. The lowest BCUT2D eigenvalue weighted by Crippen LogP contribution is -2.33. The van der Waals surface area contributed by atoms with Crippen molar-refractivity contribution in [2.24, 2.45) is 0 Å². The number of ether oxygens (including phenoxy) is 1. The van der Waals surface area contributed by atoms with Gasteiger partial charge in [-0.3, -0.25) is 9.59 Å². The van der Waals surface area contributed by atoms with Gasteiger partial charge in [0.15, 0.2) is 12.4 Å². The molecule has 2 aromatic carbocycles. The molecule has 5 rings (SSSR count). The molecule has 0 N–H and O–H groups in total. The number of esters is 1. The van der Waals surface area contributed by atoms with E-state index >= 15 is 0 Å². The van der Waals surface area contributed by atoms with Gasteiger partial charge < -0.3 is 4.74 Å². The second-order valence-corrected chi connectivity index (χ2v) is 7.73. The summed E-state index contributed by atoms with van der Waals surface area (Å²) in [6.07, 6.45) is 0. The maximum atomic E-state index is 12.9. The van der Waals surface area contributed by atoms with Crippen molar-refractivity contribution in [1.82, 2.24) is 14.7 Å². The minimum atomic E-state index is -0.685. The minimum absolute atomic E-state index is 0.200. The van der Waals surface area contributed by atoms with Crippen LogP contribution in [0, 0.1) is 0 Å². The van der Waals surface area contributed by atoms with Crippen molar-refractivity contribution in [2.45, 2.75) is 0 Å². The Hall–Kier alpha value is -4.04. The van der Waals surface area contributed by atoms with E-state index in [1.54, 1.807) is 30.3 Å². The third kappa shape index (κ3) is 3.32. The van der Waals surface area contributed by atoms with Crippen molar-refractivity contribution >= 4 is 29.1 Å². The van der Waals surface area contributed by atoms with E-state index in [-0.39, 0.29) is 5.69 Å². The molecule has 4 aromatic rings. The van der Waals surface area contributed by atoms with Gasteiger partial charge in [-0.1, -0.05) is 36.4 Å². The van der Waals surface area contributed by atoms with Gasteiger partial charge >= 0.3 is 5.97 Å². The second-order valence-electron chi connectivity index (χ2n) is 6.78. The summed E-state index contributed by atoms with van der Waals surface area (Å²) in [6.45, 7) is -0.473. The van der Waals surface area contributed by atoms with E-state index in [9.17, 15) is 14.4 Å². The molecule has 2 amide bonds. The average Bonchev–Trinajstić information content (AvgIpc) is 3.53. The number of fused-ring (bicyclic) bond motifs is 1. The summed E-state index contributed by atoms with van der Waals surface area (Å²) in [5.41, 5.74) is 2.13. The van der Waals surface area contributed by atoms with Crippen LogP contribution in [-0.4, -0.2) is 39.2 Å². The molecule has 0 saturated carbocycles. The number of hydrogen-bond acceptors (Lipinski definition) is 6. The monoisotopic (exact) mass is 429 g/mol. The predicted molar refractivity (Wildman–Crippen MR) is 114 cm³/mol. The molecule has 0 atom stereocenters. The van der Waals surface area contributed by atoms with Crippen LogP contribution in [0.15, 0.2) is 78.2 Å². The molecule has 0 saturated heterocycles. The Kier molecular flexibility index (Phi) is 4.68. The number of benzene rings is 2. The third-order valence-electron chi connectivity index (χ3n) is 4.90. The Morgan fingerprint density at radius 1 is 0.903 bits per heavy atom. The number of carbonyl (C=O) groups is 3. The van der Waals surface area contributed by atoms with Crippen LogP contribution in [-0.2, 0) is 4.74 Å². The Morgan fingerprint density at radius 3 is 2.23 bits per heavy atom. The molecule has 3 heterocycles. The van der Waals surface area contributed by atoms with Gasteiger partial charge in [0.25, 0.3) is 11.8 Å². The number of amides is 2. The second kappa shape index (κ2) is 7.66. The van der Waals surface area contributed by atoms with Crippen molar-refractivity contribution in [3.05, 3.63) is 95.0 Å². The summed E-state index contributed by atoms with van der Waals surface area (Å²) < 4.78 is 6.86. The fourth-order valence-corrected chi connectivity index (χ4v) is 4.07. The summed E-state index contributed by atoms with van der Waals surface area (Å²) in [5, 5.41) is 6.49. The van der Waals surface area contributed by atoms with Crippen LogP contribution < -0.4 is 0 Å². The highest BCUT2D eigenvalue weighted by atomic mass is 32.1. The third-order valence-corrected chi connectivity index (χ3v) is 5.79. The summed E-state index contributed by atoms with van der Waals surface area (Å²) in [7, 11) is 0. The maximum Gasteiger partial charge on any atom is 0.358 e. The first-order valence-electron chi connectivity index (χ1n) is 9.45. The van der Waals surface area contributed by atoms with Gasteiger partial charge in [-0.25, -0.2) is 14.4 Å². The fraction of sp³-hybridized carbons (Fsp3) is 0.0435. The molecular weight excluding hydrogens is 414 g/mol. The Bertz CT molecular complexity index is 1260. The number of aromatic nitrogens is 2. The number of nitrogens with zero attached hydrogens (tertiary/aromatic N) is 3. The standard InChI is InChI=1S/C23H15N3O4S/c27-21-16-9-4-5-10-17(16)22(28)25(21)14-30-23(29)19-13-18(20-11-6-12-31-20)24-26(19)15-7-2-1-3-8-15/h1-13H,14H2. The van der Waals surface area contributed by atoms with Crippen molar-refractivity contribution in [3.8, 4) is 16.3 Å². The molecule has 2 aromatic heterocycles. The van der Waals surface area contributed by atoms with E-state index in [1.165, 1.54) is 16.0 Å². The number of hydrogen-bond donors (Lipinski definition) is 0. The Morgan fingerprint density at radius 2 is 1.58 bits per heavy atom. The van der Waals surface area contributed by atoms with Crippen molar-refractivity contribution in [2.75, 3.05) is 6.73 Å². The number of rotatable bonds is 5. The maximum absolute atomic E-state index is 12.9. The highest BCUT2D eigenvalue weighted by molar-refractivity contribution is 7.13. The topological polar surface area (TPSA) is 81.5 Å². The number of thiophene rings is 1. The lowest BCUT2D eigenvalue weighted by molar-refractivity contribution is 0.0221. The fourth-order valence-electron chi connectivity index (χ4n) is 3.39. The zero-order valence-corrected chi connectivity index (χ0v) is 16.9. The van der Waals surface area contributed by atoms with Gasteiger partial charge in [0.2, 0.25) is 0 Å². The lowest BCUT2D eigenvalue weighted by Gasteiger charge is -2.14. The Labute approximate surface area is 181 Å². The zero-order valence-electron chi connectivity index (χ0n) is 16.1. The van der Waals surface area contributed by atoms with Gasteiger partial charge in [-0.05, 0) is 35.7 Å². The molecule has 1 aliphatic rings. The van der Waals surface area contributed by atoms with Gasteiger partial charge in [0.05, 0.1) is 21.7 Å². The van der Waals surface area contributed by atoms with Gasteiger partial charge in [-0.2, -0.15) is 5.10 Å². The zero-order chi connectivity index (χ0) is 21.4. The molecule has 152 valence electrons. The average molecular weight is 429 g/mol. The smallest absolute Gasteiger partial charge is 0.358 e. The normalized spacial score (nSPS) is 12.8. The first kappa shape index (κ1) is 19.0. The van der Waals surface area contributed by atoms with E-state index < -0.39 is 24.5 Å². The first-order chi connectivity index (χ1) is 15.1. The number of imide groups is 1. The molecule has 31 heavy (non-hydrogen) atoms. The van der Waals surface area contributed by atoms with Gasteiger partial charge in [0.1, 0.15) is 5.69 Å². The van der Waals surface area contributed by atoms with Crippen LogP contribution >= 0.6 is 11.3 Å². The molecule has 0 aliphatic carbocycles. The molecule has 8 heteroatoms.